The fraction of sp³-hybridized carbons (Fsp3) is 0.318. The van der Waals surface area contributed by atoms with E-state index in [1.165, 1.54) is 24.2 Å². The van der Waals surface area contributed by atoms with E-state index >= 15 is 0 Å². The number of benzene rings is 1. The second kappa shape index (κ2) is 8.10. The topological polar surface area (TPSA) is 64.1 Å². The highest BCUT2D eigenvalue weighted by molar-refractivity contribution is 7.14. The Bertz CT molecular complexity index is 955. The standard InChI is InChI=1S/C22H23N3O2S/c1-14-11-17(12-15(2)20(14)27-18-5-3-4-6-18)19-13-28-22(24-19)25-21(26)16-7-9-23-10-8-16/h7-13,18H,3-6H2,1-2H3,(H,24,25,26). The molecule has 4 rings (SSSR count). The van der Waals surface area contributed by atoms with Crippen molar-refractivity contribution in [2.45, 2.75) is 45.6 Å². The Morgan fingerprint density at radius 1 is 1.14 bits per heavy atom. The summed E-state index contributed by atoms with van der Waals surface area (Å²) in [6.07, 6.45) is 8.35. The molecule has 0 atom stereocenters. The van der Waals surface area contributed by atoms with E-state index in [4.69, 9.17) is 4.74 Å². The first-order chi connectivity index (χ1) is 13.6. The number of aryl methyl sites for hydroxylation is 2. The molecule has 1 N–H and O–H groups in total. The molecule has 2 aromatic heterocycles. The van der Waals surface area contributed by atoms with Crippen LogP contribution in [0.4, 0.5) is 5.13 Å². The van der Waals surface area contributed by atoms with Crippen LogP contribution in [0.3, 0.4) is 0 Å². The minimum Gasteiger partial charge on any atom is -0.490 e. The summed E-state index contributed by atoms with van der Waals surface area (Å²) in [6, 6.07) is 7.58. The number of carbonyl (C=O) groups excluding carboxylic acids is 1. The Hall–Kier alpha value is -2.73. The predicted octanol–water partition coefficient (Wildman–Crippen LogP) is 5.40. The van der Waals surface area contributed by atoms with E-state index in [1.807, 2.05) is 5.38 Å². The van der Waals surface area contributed by atoms with Crippen molar-refractivity contribution in [1.29, 1.82) is 0 Å². The number of amides is 1. The van der Waals surface area contributed by atoms with Gasteiger partial charge in [-0.25, -0.2) is 4.98 Å². The normalized spacial score (nSPS) is 14.2. The lowest BCUT2D eigenvalue weighted by molar-refractivity contribution is 0.102. The SMILES string of the molecule is Cc1cc(-c2csc(NC(=O)c3ccncc3)n2)cc(C)c1OC1CCCC1. The van der Waals surface area contributed by atoms with Crippen LogP contribution in [0.1, 0.15) is 47.2 Å². The van der Waals surface area contributed by atoms with Gasteiger partial charge in [-0.15, -0.1) is 11.3 Å². The molecule has 1 saturated carbocycles. The van der Waals surface area contributed by atoms with Crippen molar-refractivity contribution in [1.82, 2.24) is 9.97 Å². The van der Waals surface area contributed by atoms with Crippen molar-refractivity contribution in [2.24, 2.45) is 0 Å². The quantitative estimate of drug-likeness (QED) is 0.631. The van der Waals surface area contributed by atoms with Gasteiger partial charge >= 0.3 is 0 Å². The van der Waals surface area contributed by atoms with Crippen LogP contribution in [0.15, 0.2) is 42.0 Å². The molecule has 0 bridgehead atoms. The maximum atomic E-state index is 12.3. The van der Waals surface area contributed by atoms with Gasteiger partial charge in [0.1, 0.15) is 5.75 Å². The Labute approximate surface area is 168 Å². The molecule has 0 aliphatic heterocycles. The number of pyridine rings is 1. The molecule has 1 aliphatic rings. The first-order valence-electron chi connectivity index (χ1n) is 9.55. The molecule has 6 heteroatoms. The number of ether oxygens (including phenoxy) is 1. The summed E-state index contributed by atoms with van der Waals surface area (Å²) in [5.41, 5.74) is 4.70. The van der Waals surface area contributed by atoms with Crippen LogP contribution < -0.4 is 10.1 Å². The molecule has 5 nitrogen and oxygen atoms in total. The Kier molecular flexibility index (Phi) is 5.39. The molecule has 0 unspecified atom stereocenters. The number of nitrogens with zero attached hydrogens (tertiary/aromatic N) is 2. The molecule has 1 aliphatic carbocycles. The number of anilines is 1. The van der Waals surface area contributed by atoms with Gasteiger partial charge in [-0.05, 0) is 74.9 Å². The van der Waals surface area contributed by atoms with Gasteiger partial charge in [0.05, 0.1) is 11.8 Å². The van der Waals surface area contributed by atoms with Crippen LogP contribution in [0.2, 0.25) is 0 Å². The molecule has 0 spiro atoms. The third kappa shape index (κ3) is 4.07. The van der Waals surface area contributed by atoms with E-state index in [9.17, 15) is 4.79 Å². The molecule has 2 heterocycles. The van der Waals surface area contributed by atoms with E-state index in [1.54, 1.807) is 24.5 Å². The number of rotatable bonds is 5. The summed E-state index contributed by atoms with van der Waals surface area (Å²) in [5, 5.41) is 5.40. The lowest BCUT2D eigenvalue weighted by atomic mass is 10.0. The van der Waals surface area contributed by atoms with Gasteiger partial charge < -0.3 is 4.74 Å². The van der Waals surface area contributed by atoms with Crippen molar-refractivity contribution in [3.05, 3.63) is 58.7 Å². The number of aromatic nitrogens is 2. The molecular weight excluding hydrogens is 370 g/mol. The zero-order chi connectivity index (χ0) is 19.5. The van der Waals surface area contributed by atoms with E-state index in [0.717, 1.165) is 41.0 Å². The van der Waals surface area contributed by atoms with Gasteiger partial charge in [-0.2, -0.15) is 0 Å². The Morgan fingerprint density at radius 2 is 1.82 bits per heavy atom. The van der Waals surface area contributed by atoms with E-state index in [0.29, 0.717) is 16.8 Å². The maximum Gasteiger partial charge on any atom is 0.257 e. The lowest BCUT2D eigenvalue weighted by Gasteiger charge is -2.18. The zero-order valence-electron chi connectivity index (χ0n) is 16.1. The zero-order valence-corrected chi connectivity index (χ0v) is 16.9. The second-order valence-electron chi connectivity index (χ2n) is 7.19. The highest BCUT2D eigenvalue weighted by atomic mass is 32.1. The predicted molar refractivity (Wildman–Crippen MR) is 112 cm³/mol. The lowest BCUT2D eigenvalue weighted by Crippen LogP contribution is -2.12. The molecular formula is C22H23N3O2S. The van der Waals surface area contributed by atoms with Crippen LogP contribution in [-0.4, -0.2) is 22.0 Å². The maximum absolute atomic E-state index is 12.3. The van der Waals surface area contributed by atoms with Gasteiger partial charge in [0.25, 0.3) is 5.91 Å². The minimum absolute atomic E-state index is 0.184. The molecule has 1 amide bonds. The molecule has 0 saturated heterocycles. The monoisotopic (exact) mass is 393 g/mol. The summed E-state index contributed by atoms with van der Waals surface area (Å²) in [6.45, 7) is 4.17. The molecule has 144 valence electrons. The molecule has 1 fully saturated rings. The van der Waals surface area contributed by atoms with Crippen LogP contribution >= 0.6 is 11.3 Å². The fourth-order valence-electron chi connectivity index (χ4n) is 3.59. The van der Waals surface area contributed by atoms with E-state index in [2.05, 4.69) is 41.3 Å². The fourth-order valence-corrected chi connectivity index (χ4v) is 4.31. The van der Waals surface area contributed by atoms with Crippen LogP contribution in [0.5, 0.6) is 5.75 Å². The van der Waals surface area contributed by atoms with Gasteiger partial charge in [-0.1, -0.05) is 0 Å². The highest BCUT2D eigenvalue weighted by Gasteiger charge is 2.19. The van der Waals surface area contributed by atoms with Gasteiger partial charge in [-0.3, -0.25) is 15.1 Å². The van der Waals surface area contributed by atoms with Crippen LogP contribution in [0, 0.1) is 13.8 Å². The minimum atomic E-state index is -0.184. The van der Waals surface area contributed by atoms with Crippen molar-refractivity contribution in [2.75, 3.05) is 5.32 Å². The van der Waals surface area contributed by atoms with E-state index in [-0.39, 0.29) is 5.91 Å². The number of hydrogen-bond acceptors (Lipinski definition) is 5. The molecule has 3 aromatic rings. The third-order valence-corrected chi connectivity index (χ3v) is 5.77. The van der Waals surface area contributed by atoms with Crippen LogP contribution in [-0.2, 0) is 0 Å². The number of carbonyl (C=O) groups is 1. The van der Waals surface area contributed by atoms with Gasteiger partial charge in [0.15, 0.2) is 5.13 Å². The number of nitrogens with one attached hydrogen (secondary N) is 1. The summed E-state index contributed by atoms with van der Waals surface area (Å²) in [5.74, 6) is 0.813. The van der Waals surface area contributed by atoms with E-state index < -0.39 is 0 Å². The van der Waals surface area contributed by atoms with Crippen molar-refractivity contribution in [3.63, 3.8) is 0 Å². The Balaban J connectivity index is 1.51. The largest absolute Gasteiger partial charge is 0.490 e. The Morgan fingerprint density at radius 3 is 2.50 bits per heavy atom. The summed E-state index contributed by atoms with van der Waals surface area (Å²) >= 11 is 1.42. The van der Waals surface area contributed by atoms with Crippen molar-refractivity contribution >= 4 is 22.4 Å². The van der Waals surface area contributed by atoms with Crippen LogP contribution in [0.25, 0.3) is 11.3 Å². The van der Waals surface area contributed by atoms with Gasteiger partial charge in [0, 0.05) is 28.9 Å². The van der Waals surface area contributed by atoms with Gasteiger partial charge in [0.2, 0.25) is 0 Å². The summed E-state index contributed by atoms with van der Waals surface area (Å²) < 4.78 is 6.25. The number of thiazole rings is 1. The average molecular weight is 394 g/mol. The smallest absolute Gasteiger partial charge is 0.257 e. The third-order valence-electron chi connectivity index (χ3n) is 5.01. The molecule has 0 radical (unpaired) electrons. The summed E-state index contributed by atoms with van der Waals surface area (Å²) in [4.78, 5) is 20.8. The number of hydrogen-bond donors (Lipinski definition) is 1. The first-order valence-corrected chi connectivity index (χ1v) is 10.4. The molecule has 28 heavy (non-hydrogen) atoms. The highest BCUT2D eigenvalue weighted by Crippen LogP contribution is 2.34. The second-order valence-corrected chi connectivity index (χ2v) is 8.05. The molecule has 1 aromatic carbocycles. The van der Waals surface area contributed by atoms with Crippen molar-refractivity contribution in [3.8, 4) is 17.0 Å². The first kappa shape index (κ1) is 18.6. The van der Waals surface area contributed by atoms with Crippen molar-refractivity contribution < 1.29 is 9.53 Å². The summed E-state index contributed by atoms with van der Waals surface area (Å²) in [7, 11) is 0. The average Bonchev–Trinajstić information content (AvgIpc) is 3.37.